The Morgan fingerprint density at radius 1 is 1.00 bits per heavy atom. The third kappa shape index (κ3) is 3.26. The fraction of sp³-hybridized carbons (Fsp3) is 0.375. The molecular weight excluding hydrogens is 224 g/mol. The van der Waals surface area contributed by atoms with E-state index >= 15 is 0 Å². The molecule has 0 aromatic heterocycles. The monoisotopic (exact) mass is 244 g/mol. The Morgan fingerprint density at radius 3 is 2.71 bits per heavy atom. The predicted octanol–water partition coefficient (Wildman–Crippen LogP) is 5.20. The highest BCUT2D eigenvalue weighted by atomic mass is 32.1. The average molecular weight is 244 g/mol. The molecule has 2 aliphatic rings. The van der Waals surface area contributed by atoms with Crippen molar-refractivity contribution in [1.82, 2.24) is 0 Å². The highest BCUT2D eigenvalue weighted by molar-refractivity contribution is 7.80. The highest BCUT2D eigenvalue weighted by Crippen LogP contribution is 2.30. The summed E-state index contributed by atoms with van der Waals surface area (Å²) >= 11 is 4.46. The molecule has 0 aromatic carbocycles. The summed E-state index contributed by atoms with van der Waals surface area (Å²) in [4.78, 5) is 1.04. The van der Waals surface area contributed by atoms with Gasteiger partial charge in [-0.1, -0.05) is 50.5 Å². The van der Waals surface area contributed by atoms with Gasteiger partial charge >= 0.3 is 0 Å². The molecule has 0 atom stereocenters. The van der Waals surface area contributed by atoms with Gasteiger partial charge in [-0.05, 0) is 41.7 Å². The van der Waals surface area contributed by atoms with Crippen molar-refractivity contribution in [3.8, 4) is 11.1 Å². The second kappa shape index (κ2) is 6.11. The van der Waals surface area contributed by atoms with Crippen molar-refractivity contribution in [1.29, 1.82) is 0 Å². The smallest absolute Gasteiger partial charge is 0.00462 e. The molecule has 0 bridgehead atoms. The van der Waals surface area contributed by atoms with E-state index in [1.807, 2.05) is 6.07 Å². The molecule has 2 rings (SSSR count). The summed E-state index contributed by atoms with van der Waals surface area (Å²) < 4.78 is 0. The van der Waals surface area contributed by atoms with Gasteiger partial charge in [-0.15, -0.1) is 12.6 Å². The minimum Gasteiger partial charge on any atom is -0.143 e. The van der Waals surface area contributed by atoms with Crippen LogP contribution < -0.4 is 0 Å². The standard InChI is InChI=1S/C16H20S/c1-2-3-4-5-7-13-10-11-14-8-6-9-15(17)12-16(13)14/h6,8-12,17H,2-5,7H2,1H3. The first kappa shape index (κ1) is 12.5. The molecule has 0 unspecified atom stereocenters. The molecule has 17 heavy (non-hydrogen) atoms. The molecule has 0 N–H and O–H groups in total. The van der Waals surface area contributed by atoms with Crippen LogP contribution in [0, 0.1) is 0 Å². The van der Waals surface area contributed by atoms with Crippen molar-refractivity contribution >= 4 is 12.6 Å². The van der Waals surface area contributed by atoms with Crippen molar-refractivity contribution in [2.75, 3.05) is 0 Å². The molecule has 0 saturated carbocycles. The number of aryl methyl sites for hydroxylation is 1. The van der Waals surface area contributed by atoms with E-state index in [0.717, 1.165) is 4.90 Å². The largest absolute Gasteiger partial charge is 0.143 e. The van der Waals surface area contributed by atoms with E-state index in [2.05, 4.69) is 49.9 Å². The van der Waals surface area contributed by atoms with Crippen molar-refractivity contribution in [3.63, 3.8) is 0 Å². The predicted molar refractivity (Wildman–Crippen MR) is 78.2 cm³/mol. The second-order valence-electron chi connectivity index (χ2n) is 4.63. The fourth-order valence-electron chi connectivity index (χ4n) is 2.28. The molecule has 0 aliphatic heterocycles. The van der Waals surface area contributed by atoms with Gasteiger partial charge < -0.3 is 0 Å². The second-order valence-corrected chi connectivity index (χ2v) is 5.15. The Balaban J connectivity index is 2.12. The van der Waals surface area contributed by atoms with Gasteiger partial charge in [0.05, 0.1) is 0 Å². The van der Waals surface area contributed by atoms with Crippen LogP contribution in [-0.2, 0) is 6.42 Å². The van der Waals surface area contributed by atoms with E-state index < -0.39 is 0 Å². The third-order valence-electron chi connectivity index (χ3n) is 3.26. The van der Waals surface area contributed by atoms with Crippen molar-refractivity contribution < 1.29 is 0 Å². The SMILES string of the molecule is CCCCCCc1ccc2cccc(S)cc1-2. The number of hydrogen-bond donors (Lipinski definition) is 1. The molecule has 0 saturated heterocycles. The molecule has 0 aromatic rings. The lowest BCUT2D eigenvalue weighted by Gasteiger charge is -2.02. The Hall–Kier alpha value is -0.950. The first-order chi connectivity index (χ1) is 8.31. The maximum Gasteiger partial charge on any atom is 0.00462 e. The minimum absolute atomic E-state index is 1.04. The van der Waals surface area contributed by atoms with E-state index in [1.165, 1.54) is 48.8 Å². The number of hydrogen-bond acceptors (Lipinski definition) is 1. The Labute approximate surface area is 110 Å². The molecule has 0 radical (unpaired) electrons. The number of fused-ring (bicyclic) bond motifs is 1. The van der Waals surface area contributed by atoms with Crippen molar-refractivity contribution in [2.45, 2.75) is 43.9 Å². The number of rotatable bonds is 5. The van der Waals surface area contributed by atoms with Crippen molar-refractivity contribution in [2.24, 2.45) is 0 Å². The third-order valence-corrected chi connectivity index (χ3v) is 3.53. The number of unbranched alkanes of at least 4 members (excludes halogenated alkanes) is 3. The van der Waals surface area contributed by atoms with E-state index in [1.54, 1.807) is 0 Å². The molecule has 0 heterocycles. The zero-order chi connectivity index (χ0) is 12.1. The molecule has 0 spiro atoms. The summed E-state index contributed by atoms with van der Waals surface area (Å²) in [6.07, 6.45) is 6.49. The van der Waals surface area contributed by atoms with E-state index in [4.69, 9.17) is 0 Å². The van der Waals surface area contributed by atoms with Gasteiger partial charge in [0.1, 0.15) is 0 Å². The molecule has 90 valence electrons. The summed E-state index contributed by atoms with van der Waals surface area (Å²) in [7, 11) is 0. The van der Waals surface area contributed by atoms with Gasteiger partial charge in [0.15, 0.2) is 0 Å². The van der Waals surface area contributed by atoms with Gasteiger partial charge in [0.2, 0.25) is 0 Å². The topological polar surface area (TPSA) is 0 Å². The maximum atomic E-state index is 4.46. The van der Waals surface area contributed by atoms with Crippen LogP contribution in [0.15, 0.2) is 41.3 Å². The van der Waals surface area contributed by atoms with Crippen LogP contribution in [0.3, 0.4) is 0 Å². The molecule has 1 heteroatoms. The van der Waals surface area contributed by atoms with Gasteiger partial charge in [0.25, 0.3) is 0 Å². The number of thiol groups is 1. The quantitative estimate of drug-likeness (QED) is 0.542. The molecule has 2 aliphatic carbocycles. The Kier molecular flexibility index (Phi) is 4.49. The van der Waals surface area contributed by atoms with Gasteiger partial charge in [-0.3, -0.25) is 0 Å². The van der Waals surface area contributed by atoms with Crippen LogP contribution in [0.4, 0.5) is 0 Å². The van der Waals surface area contributed by atoms with Crippen LogP contribution in [0.5, 0.6) is 0 Å². The first-order valence-corrected chi connectivity index (χ1v) is 6.96. The van der Waals surface area contributed by atoms with Crippen LogP contribution in [0.2, 0.25) is 0 Å². The minimum atomic E-state index is 1.04. The molecule has 0 amide bonds. The summed E-state index contributed by atoms with van der Waals surface area (Å²) in [5, 5.41) is 0. The molecular formula is C16H20S. The maximum absolute atomic E-state index is 4.46. The lowest BCUT2D eigenvalue weighted by molar-refractivity contribution is 0.668. The van der Waals surface area contributed by atoms with Crippen LogP contribution in [0.25, 0.3) is 11.1 Å². The fourth-order valence-corrected chi connectivity index (χ4v) is 2.50. The van der Waals surface area contributed by atoms with E-state index in [0.29, 0.717) is 0 Å². The van der Waals surface area contributed by atoms with Gasteiger partial charge in [-0.25, -0.2) is 0 Å². The summed E-state index contributed by atoms with van der Waals surface area (Å²) in [5.41, 5.74) is 4.18. The average Bonchev–Trinajstić information content (AvgIpc) is 2.57. The Morgan fingerprint density at radius 2 is 1.88 bits per heavy atom. The normalized spacial score (nSPS) is 10.9. The highest BCUT2D eigenvalue weighted by Gasteiger charge is 2.07. The van der Waals surface area contributed by atoms with Crippen molar-refractivity contribution in [3.05, 3.63) is 42.0 Å². The zero-order valence-corrected chi connectivity index (χ0v) is 11.3. The molecule has 0 nitrogen and oxygen atoms in total. The summed E-state index contributed by atoms with van der Waals surface area (Å²) in [6.45, 7) is 2.26. The van der Waals surface area contributed by atoms with Crippen LogP contribution in [0.1, 0.15) is 38.2 Å². The summed E-state index contributed by atoms with van der Waals surface area (Å²) in [5.74, 6) is 0. The molecule has 0 fully saturated rings. The Bertz CT molecular complexity index is 448. The lowest BCUT2D eigenvalue weighted by Crippen LogP contribution is -1.85. The van der Waals surface area contributed by atoms with Gasteiger partial charge in [0, 0.05) is 4.90 Å². The zero-order valence-electron chi connectivity index (χ0n) is 10.4. The van der Waals surface area contributed by atoms with E-state index in [-0.39, 0.29) is 0 Å². The van der Waals surface area contributed by atoms with Crippen LogP contribution in [-0.4, -0.2) is 0 Å². The lowest BCUT2D eigenvalue weighted by atomic mass is 10.0. The van der Waals surface area contributed by atoms with E-state index in [9.17, 15) is 0 Å². The summed E-state index contributed by atoms with van der Waals surface area (Å²) in [6, 6.07) is 13.0. The van der Waals surface area contributed by atoms with Crippen LogP contribution >= 0.6 is 12.6 Å². The first-order valence-electron chi connectivity index (χ1n) is 6.52. The van der Waals surface area contributed by atoms with Gasteiger partial charge in [-0.2, -0.15) is 0 Å².